The lowest BCUT2D eigenvalue weighted by Crippen LogP contribution is -2.28. The maximum Gasteiger partial charge on any atom is 0.256 e. The van der Waals surface area contributed by atoms with Gasteiger partial charge in [-0.3, -0.25) is 4.79 Å². The van der Waals surface area contributed by atoms with Crippen LogP contribution in [0.4, 0.5) is 0 Å². The maximum absolute atomic E-state index is 12.0. The molecule has 0 aliphatic rings. The van der Waals surface area contributed by atoms with Crippen LogP contribution in [0.1, 0.15) is 34.5 Å². The Morgan fingerprint density at radius 2 is 1.79 bits per heavy atom. The molecule has 2 aromatic rings. The summed E-state index contributed by atoms with van der Waals surface area (Å²) in [5.74, 6) is 0.948. The highest BCUT2D eigenvalue weighted by Gasteiger charge is 2.11. The molecule has 0 spiro atoms. The summed E-state index contributed by atoms with van der Waals surface area (Å²) in [5.41, 5.74) is 2.08. The van der Waals surface area contributed by atoms with Gasteiger partial charge in [-0.05, 0) is 69.1 Å². The van der Waals surface area contributed by atoms with E-state index in [0.717, 1.165) is 43.9 Å². The maximum atomic E-state index is 12.0. The summed E-state index contributed by atoms with van der Waals surface area (Å²) >= 11 is 0. The Hall–Kier alpha value is -2.80. The number of benzene rings is 1. The topological polar surface area (TPSA) is 92.7 Å². The summed E-state index contributed by atoms with van der Waals surface area (Å²) in [5, 5.41) is 15.9. The number of aromatic nitrogens is 1. The first-order valence-corrected chi connectivity index (χ1v) is 9.41. The summed E-state index contributed by atoms with van der Waals surface area (Å²) in [7, 11) is 3.27. The normalized spacial score (nSPS) is 10.5. The lowest BCUT2D eigenvalue weighted by molar-refractivity contribution is 0.0950. The van der Waals surface area contributed by atoms with Gasteiger partial charge in [-0.1, -0.05) is 6.07 Å². The van der Waals surface area contributed by atoms with Crippen LogP contribution in [-0.2, 0) is 6.42 Å². The standard InChI is InChI=1S/C21H29N3O4/c1-15-7-9-17(21(26)24-15)20(25)23-13-5-12-22-11-4-6-16-8-10-18(27-2)19(14-16)28-3/h7-10,14,22H,4-6,11-13H2,1-3H3,(H,23,25)(H,24,26). The minimum Gasteiger partial charge on any atom is -0.493 e. The van der Waals surface area contributed by atoms with Gasteiger partial charge in [0.2, 0.25) is 5.88 Å². The molecule has 1 heterocycles. The molecule has 1 amide bonds. The van der Waals surface area contributed by atoms with Gasteiger partial charge in [0.1, 0.15) is 5.56 Å². The van der Waals surface area contributed by atoms with E-state index in [-0.39, 0.29) is 17.4 Å². The predicted octanol–water partition coefficient (Wildman–Crippen LogP) is 2.46. The van der Waals surface area contributed by atoms with Crippen molar-refractivity contribution in [2.24, 2.45) is 0 Å². The number of methoxy groups -OCH3 is 2. The van der Waals surface area contributed by atoms with Crippen LogP contribution in [0.5, 0.6) is 17.4 Å². The van der Waals surface area contributed by atoms with Crippen molar-refractivity contribution >= 4 is 5.91 Å². The largest absolute Gasteiger partial charge is 0.493 e. The van der Waals surface area contributed by atoms with Gasteiger partial charge in [-0.15, -0.1) is 0 Å². The molecule has 0 saturated heterocycles. The molecule has 28 heavy (non-hydrogen) atoms. The Labute approximate surface area is 166 Å². The van der Waals surface area contributed by atoms with Crippen LogP contribution < -0.4 is 20.1 Å². The molecule has 1 aromatic heterocycles. The van der Waals surface area contributed by atoms with Gasteiger partial charge in [-0.2, -0.15) is 0 Å². The van der Waals surface area contributed by atoms with E-state index in [0.29, 0.717) is 12.2 Å². The Morgan fingerprint density at radius 3 is 2.50 bits per heavy atom. The van der Waals surface area contributed by atoms with E-state index in [4.69, 9.17) is 9.47 Å². The fourth-order valence-corrected chi connectivity index (χ4v) is 2.81. The SMILES string of the molecule is COc1ccc(CCCNCCCNC(=O)c2ccc(C)nc2O)cc1OC. The molecule has 0 bridgehead atoms. The van der Waals surface area contributed by atoms with Crippen LogP contribution >= 0.6 is 0 Å². The molecule has 0 unspecified atom stereocenters. The zero-order chi connectivity index (χ0) is 20.4. The van der Waals surface area contributed by atoms with Crippen LogP contribution in [0.2, 0.25) is 0 Å². The molecule has 0 aliphatic heterocycles. The molecule has 0 aliphatic carbocycles. The molecule has 0 fully saturated rings. The first kappa shape index (κ1) is 21.5. The molecular weight excluding hydrogens is 358 g/mol. The van der Waals surface area contributed by atoms with E-state index in [9.17, 15) is 9.90 Å². The highest BCUT2D eigenvalue weighted by Crippen LogP contribution is 2.27. The van der Waals surface area contributed by atoms with Gasteiger partial charge in [0, 0.05) is 12.2 Å². The van der Waals surface area contributed by atoms with Crippen molar-refractivity contribution in [2.45, 2.75) is 26.2 Å². The van der Waals surface area contributed by atoms with Gasteiger partial charge in [0.15, 0.2) is 11.5 Å². The molecule has 2 rings (SSSR count). The quantitative estimate of drug-likeness (QED) is 0.513. The van der Waals surface area contributed by atoms with Crippen molar-refractivity contribution in [3.8, 4) is 17.4 Å². The van der Waals surface area contributed by atoms with Gasteiger partial charge in [0.25, 0.3) is 5.91 Å². The van der Waals surface area contributed by atoms with Crippen molar-refractivity contribution < 1.29 is 19.4 Å². The average molecular weight is 387 g/mol. The van der Waals surface area contributed by atoms with Crippen LogP contribution in [0.15, 0.2) is 30.3 Å². The van der Waals surface area contributed by atoms with Gasteiger partial charge < -0.3 is 25.2 Å². The smallest absolute Gasteiger partial charge is 0.256 e. The lowest BCUT2D eigenvalue weighted by atomic mass is 10.1. The van der Waals surface area contributed by atoms with Crippen LogP contribution in [0.3, 0.4) is 0 Å². The van der Waals surface area contributed by atoms with Crippen molar-refractivity contribution in [1.29, 1.82) is 0 Å². The second-order valence-electron chi connectivity index (χ2n) is 6.48. The fraction of sp³-hybridized carbons (Fsp3) is 0.429. The second kappa shape index (κ2) is 11.1. The number of hydrogen-bond donors (Lipinski definition) is 3. The van der Waals surface area contributed by atoms with Crippen LogP contribution in [0, 0.1) is 6.92 Å². The first-order valence-electron chi connectivity index (χ1n) is 9.41. The van der Waals surface area contributed by atoms with Gasteiger partial charge >= 0.3 is 0 Å². The molecule has 1 aromatic carbocycles. The Morgan fingerprint density at radius 1 is 1.04 bits per heavy atom. The van der Waals surface area contributed by atoms with E-state index < -0.39 is 0 Å². The number of rotatable bonds is 11. The number of aryl methyl sites for hydroxylation is 2. The molecule has 7 heteroatoms. The fourth-order valence-electron chi connectivity index (χ4n) is 2.81. The van der Waals surface area contributed by atoms with Crippen LogP contribution in [0.25, 0.3) is 0 Å². The van der Waals surface area contributed by atoms with E-state index in [2.05, 4.69) is 15.6 Å². The summed E-state index contributed by atoms with van der Waals surface area (Å²) in [6.07, 6.45) is 2.76. The summed E-state index contributed by atoms with van der Waals surface area (Å²) < 4.78 is 10.6. The van der Waals surface area contributed by atoms with E-state index in [1.807, 2.05) is 18.2 Å². The van der Waals surface area contributed by atoms with Crippen molar-refractivity contribution in [3.05, 3.63) is 47.2 Å². The third-order valence-electron chi connectivity index (χ3n) is 4.34. The zero-order valence-electron chi connectivity index (χ0n) is 16.7. The minimum atomic E-state index is -0.307. The molecule has 0 saturated carbocycles. The minimum absolute atomic E-state index is 0.202. The predicted molar refractivity (Wildman–Crippen MR) is 108 cm³/mol. The van der Waals surface area contributed by atoms with E-state index in [1.165, 1.54) is 5.56 Å². The number of ether oxygens (including phenoxy) is 2. The number of nitrogens with one attached hydrogen (secondary N) is 2. The van der Waals surface area contributed by atoms with Gasteiger partial charge in [0.05, 0.1) is 14.2 Å². The molecule has 3 N–H and O–H groups in total. The highest BCUT2D eigenvalue weighted by atomic mass is 16.5. The average Bonchev–Trinajstić information content (AvgIpc) is 2.69. The molecular formula is C21H29N3O4. The third kappa shape index (κ3) is 6.42. The Balaban J connectivity index is 1.59. The van der Waals surface area contributed by atoms with Crippen molar-refractivity contribution in [3.63, 3.8) is 0 Å². The number of carbonyl (C=O) groups is 1. The van der Waals surface area contributed by atoms with E-state index >= 15 is 0 Å². The van der Waals surface area contributed by atoms with Crippen LogP contribution in [-0.4, -0.2) is 49.9 Å². The number of hydrogen-bond acceptors (Lipinski definition) is 6. The lowest BCUT2D eigenvalue weighted by Gasteiger charge is -2.10. The first-order chi connectivity index (χ1) is 13.5. The van der Waals surface area contributed by atoms with Gasteiger partial charge in [-0.25, -0.2) is 4.98 Å². The highest BCUT2D eigenvalue weighted by molar-refractivity contribution is 5.96. The number of aromatic hydroxyl groups is 1. The van der Waals surface area contributed by atoms with E-state index in [1.54, 1.807) is 33.3 Å². The number of carbonyl (C=O) groups excluding carboxylic acids is 1. The monoisotopic (exact) mass is 387 g/mol. The molecule has 0 radical (unpaired) electrons. The van der Waals surface area contributed by atoms with Crippen molar-refractivity contribution in [1.82, 2.24) is 15.6 Å². The number of pyridine rings is 1. The zero-order valence-corrected chi connectivity index (χ0v) is 16.7. The van der Waals surface area contributed by atoms with Crippen molar-refractivity contribution in [2.75, 3.05) is 33.9 Å². The third-order valence-corrected chi connectivity index (χ3v) is 4.34. The summed E-state index contributed by atoms with van der Waals surface area (Å²) in [6, 6.07) is 9.26. The molecule has 0 atom stereocenters. The number of amides is 1. The molecule has 7 nitrogen and oxygen atoms in total. The number of nitrogens with zero attached hydrogens (tertiary/aromatic N) is 1. The summed E-state index contributed by atoms with van der Waals surface area (Å²) in [6.45, 7) is 4.00. The summed E-state index contributed by atoms with van der Waals surface area (Å²) in [4.78, 5) is 15.9. The second-order valence-corrected chi connectivity index (χ2v) is 6.48. The Kier molecular flexibility index (Phi) is 8.55. The Bertz CT molecular complexity index is 780. The molecule has 152 valence electrons.